The summed E-state index contributed by atoms with van der Waals surface area (Å²) < 4.78 is 17.8. The quantitative estimate of drug-likeness (QED) is 0.771. The number of nitrogens with one attached hydrogen (secondary N) is 1. The Kier molecular flexibility index (Phi) is 3.13. The Balaban J connectivity index is 2.30. The summed E-state index contributed by atoms with van der Waals surface area (Å²) in [6.07, 6.45) is 1.53. The third-order valence-corrected chi connectivity index (χ3v) is 5.93. The van der Waals surface area contributed by atoms with E-state index < -0.39 is 7.14 Å². The Morgan fingerprint density at radius 3 is 2.73 bits per heavy atom. The van der Waals surface area contributed by atoms with Crippen LogP contribution in [0, 0.1) is 0 Å². The standard InChI is InChI=1S/C11H16NO2P/c1-14-10-3-2-4-11(9-10)15(13)7-5-12-6-8-15/h2-4,9,12H,5-8H2,1H3. The van der Waals surface area contributed by atoms with Crippen molar-refractivity contribution in [3.8, 4) is 5.75 Å². The lowest BCUT2D eigenvalue weighted by molar-refractivity contribution is 0.415. The van der Waals surface area contributed by atoms with Gasteiger partial charge in [0, 0.05) is 30.7 Å². The van der Waals surface area contributed by atoms with Gasteiger partial charge in [-0.15, -0.1) is 0 Å². The molecule has 0 aliphatic carbocycles. The van der Waals surface area contributed by atoms with Gasteiger partial charge in [-0.1, -0.05) is 12.1 Å². The molecule has 1 aliphatic heterocycles. The first-order valence-electron chi connectivity index (χ1n) is 5.18. The number of rotatable bonds is 2. The summed E-state index contributed by atoms with van der Waals surface area (Å²) in [7, 11) is -0.512. The lowest BCUT2D eigenvalue weighted by Gasteiger charge is -2.24. The predicted molar refractivity (Wildman–Crippen MR) is 62.8 cm³/mol. The van der Waals surface area contributed by atoms with Gasteiger partial charge in [0.05, 0.1) is 7.11 Å². The number of methoxy groups -OCH3 is 1. The molecule has 4 heteroatoms. The predicted octanol–water partition coefficient (Wildman–Crippen LogP) is 1.29. The van der Waals surface area contributed by atoms with E-state index in [1.807, 2.05) is 24.3 Å². The van der Waals surface area contributed by atoms with Crippen LogP contribution in [-0.2, 0) is 4.57 Å². The Hall–Kier alpha value is -0.790. The second-order valence-electron chi connectivity index (χ2n) is 3.79. The zero-order chi connectivity index (χ0) is 10.7. The van der Waals surface area contributed by atoms with Crippen molar-refractivity contribution >= 4 is 12.4 Å². The molecule has 0 saturated carbocycles. The van der Waals surface area contributed by atoms with Crippen LogP contribution in [0.5, 0.6) is 5.75 Å². The van der Waals surface area contributed by atoms with Crippen LogP contribution in [0.3, 0.4) is 0 Å². The molecule has 1 aliphatic rings. The average Bonchev–Trinajstić information content (AvgIpc) is 2.30. The van der Waals surface area contributed by atoms with Crippen LogP contribution in [0.1, 0.15) is 0 Å². The van der Waals surface area contributed by atoms with E-state index in [1.165, 1.54) is 0 Å². The summed E-state index contributed by atoms with van der Waals surface area (Å²) in [5.74, 6) is 0.793. The molecule has 1 N–H and O–H groups in total. The minimum atomic E-state index is -2.15. The van der Waals surface area contributed by atoms with E-state index in [-0.39, 0.29) is 0 Å². The Bertz CT molecular complexity index is 382. The molecule has 82 valence electrons. The summed E-state index contributed by atoms with van der Waals surface area (Å²) in [5, 5.41) is 4.20. The third-order valence-electron chi connectivity index (χ3n) is 2.82. The molecule has 2 rings (SSSR count). The summed E-state index contributed by atoms with van der Waals surface area (Å²) >= 11 is 0. The molecule has 15 heavy (non-hydrogen) atoms. The normalized spacial score (nSPS) is 19.8. The topological polar surface area (TPSA) is 38.3 Å². The van der Waals surface area contributed by atoms with Crippen LogP contribution in [0.4, 0.5) is 0 Å². The Morgan fingerprint density at radius 1 is 1.33 bits per heavy atom. The molecule has 0 amide bonds. The van der Waals surface area contributed by atoms with Gasteiger partial charge < -0.3 is 14.6 Å². The molecule has 0 bridgehead atoms. The summed E-state index contributed by atoms with van der Waals surface area (Å²) in [5.41, 5.74) is 0. The molecule has 3 nitrogen and oxygen atoms in total. The molecular weight excluding hydrogens is 209 g/mol. The maximum Gasteiger partial charge on any atom is 0.119 e. The van der Waals surface area contributed by atoms with Crippen molar-refractivity contribution in [2.45, 2.75) is 0 Å². The molecule has 1 fully saturated rings. The monoisotopic (exact) mass is 225 g/mol. The van der Waals surface area contributed by atoms with Gasteiger partial charge in [0.15, 0.2) is 0 Å². The largest absolute Gasteiger partial charge is 0.497 e. The molecule has 0 aromatic heterocycles. The smallest absolute Gasteiger partial charge is 0.119 e. The maximum atomic E-state index is 12.6. The van der Waals surface area contributed by atoms with Gasteiger partial charge >= 0.3 is 0 Å². The molecule has 1 heterocycles. The van der Waals surface area contributed by atoms with Crippen molar-refractivity contribution in [2.24, 2.45) is 0 Å². The highest BCUT2D eigenvalue weighted by Gasteiger charge is 2.26. The van der Waals surface area contributed by atoms with Gasteiger partial charge in [0.2, 0.25) is 0 Å². The highest BCUT2D eigenvalue weighted by molar-refractivity contribution is 7.71. The molecule has 0 unspecified atom stereocenters. The number of hydrogen-bond donors (Lipinski definition) is 1. The maximum absolute atomic E-state index is 12.6. The highest BCUT2D eigenvalue weighted by Crippen LogP contribution is 2.45. The molecule has 1 aromatic carbocycles. The van der Waals surface area contributed by atoms with Crippen LogP contribution in [-0.4, -0.2) is 32.5 Å². The highest BCUT2D eigenvalue weighted by atomic mass is 31.2. The van der Waals surface area contributed by atoms with Crippen LogP contribution in [0.15, 0.2) is 24.3 Å². The summed E-state index contributed by atoms with van der Waals surface area (Å²) in [6, 6.07) is 7.66. The van der Waals surface area contributed by atoms with E-state index in [9.17, 15) is 4.57 Å². The van der Waals surface area contributed by atoms with Crippen molar-refractivity contribution in [2.75, 3.05) is 32.5 Å². The van der Waals surface area contributed by atoms with Gasteiger partial charge in [-0.25, -0.2) is 0 Å². The lowest BCUT2D eigenvalue weighted by atomic mass is 10.3. The zero-order valence-electron chi connectivity index (χ0n) is 8.90. The number of benzene rings is 1. The first-order valence-corrected chi connectivity index (χ1v) is 7.26. The van der Waals surface area contributed by atoms with Crippen molar-refractivity contribution in [1.29, 1.82) is 0 Å². The zero-order valence-corrected chi connectivity index (χ0v) is 9.80. The van der Waals surface area contributed by atoms with Gasteiger partial charge in [-0.05, 0) is 12.1 Å². The van der Waals surface area contributed by atoms with Gasteiger partial charge in [0.25, 0.3) is 0 Å². The molecule has 1 aromatic rings. The fraction of sp³-hybridized carbons (Fsp3) is 0.455. The summed E-state index contributed by atoms with van der Waals surface area (Å²) in [6.45, 7) is 1.71. The second kappa shape index (κ2) is 4.38. The molecular formula is C11H16NO2P. The summed E-state index contributed by atoms with van der Waals surface area (Å²) in [4.78, 5) is 0. The van der Waals surface area contributed by atoms with E-state index in [0.717, 1.165) is 36.5 Å². The number of ether oxygens (including phenoxy) is 1. The van der Waals surface area contributed by atoms with E-state index >= 15 is 0 Å². The Morgan fingerprint density at radius 2 is 2.07 bits per heavy atom. The van der Waals surface area contributed by atoms with Gasteiger partial charge in [0.1, 0.15) is 12.9 Å². The lowest BCUT2D eigenvalue weighted by Crippen LogP contribution is -2.32. The van der Waals surface area contributed by atoms with Crippen molar-refractivity contribution in [3.05, 3.63) is 24.3 Å². The van der Waals surface area contributed by atoms with Gasteiger partial charge in [-0.3, -0.25) is 0 Å². The van der Waals surface area contributed by atoms with Crippen LogP contribution >= 0.6 is 7.14 Å². The van der Waals surface area contributed by atoms with Crippen LogP contribution in [0.2, 0.25) is 0 Å². The van der Waals surface area contributed by atoms with Crippen molar-refractivity contribution in [1.82, 2.24) is 5.32 Å². The van der Waals surface area contributed by atoms with Crippen LogP contribution < -0.4 is 15.4 Å². The minimum Gasteiger partial charge on any atom is -0.497 e. The number of hydrogen-bond acceptors (Lipinski definition) is 3. The Labute approximate surface area is 90.2 Å². The SMILES string of the molecule is COc1cccc(P2(=O)CCNCC2)c1. The van der Waals surface area contributed by atoms with E-state index in [1.54, 1.807) is 7.11 Å². The first-order chi connectivity index (χ1) is 7.24. The molecule has 0 atom stereocenters. The minimum absolute atomic E-state index is 0.764. The van der Waals surface area contributed by atoms with Crippen molar-refractivity contribution in [3.63, 3.8) is 0 Å². The van der Waals surface area contributed by atoms with E-state index in [0.29, 0.717) is 0 Å². The van der Waals surface area contributed by atoms with Crippen molar-refractivity contribution < 1.29 is 9.30 Å². The first kappa shape index (κ1) is 10.7. The molecule has 0 spiro atoms. The van der Waals surface area contributed by atoms with E-state index in [2.05, 4.69) is 5.32 Å². The second-order valence-corrected chi connectivity index (χ2v) is 6.98. The fourth-order valence-electron chi connectivity index (χ4n) is 1.88. The van der Waals surface area contributed by atoms with E-state index in [4.69, 9.17) is 4.74 Å². The third kappa shape index (κ3) is 2.24. The average molecular weight is 225 g/mol. The fourth-order valence-corrected chi connectivity index (χ4v) is 4.38. The molecule has 0 radical (unpaired) electrons. The van der Waals surface area contributed by atoms with Gasteiger partial charge in [-0.2, -0.15) is 0 Å². The van der Waals surface area contributed by atoms with Crippen LogP contribution in [0.25, 0.3) is 0 Å². The molecule has 1 saturated heterocycles.